The summed E-state index contributed by atoms with van der Waals surface area (Å²) in [4.78, 5) is 12.6. The van der Waals surface area contributed by atoms with Gasteiger partial charge in [-0.2, -0.15) is 0 Å². The van der Waals surface area contributed by atoms with Crippen molar-refractivity contribution in [2.24, 2.45) is 0 Å². The number of nitrogens with zero attached hydrogens (tertiary/aromatic N) is 3. The van der Waals surface area contributed by atoms with E-state index in [1.165, 1.54) is 0 Å². The number of hydrogen-bond donors (Lipinski definition) is 1. The first-order chi connectivity index (χ1) is 8.65. The van der Waals surface area contributed by atoms with Gasteiger partial charge in [-0.1, -0.05) is 0 Å². The van der Waals surface area contributed by atoms with E-state index >= 15 is 0 Å². The third-order valence-electron chi connectivity index (χ3n) is 2.63. The molecule has 3 aromatic heterocycles. The number of nitrogen functional groups attached to an aromatic ring is 1. The molecule has 0 radical (unpaired) electrons. The smallest absolute Gasteiger partial charge is 0.223 e. The standard InChI is InChI=1S/C12H9ClN4S/c1-6-5-18-11-9(6)16-12(13)17-10(11)7-2-3-8(14)15-4-7/h2-5H,1H3,(H2,14,15). The topological polar surface area (TPSA) is 64.7 Å². The van der Waals surface area contributed by atoms with Gasteiger partial charge in [0.05, 0.1) is 15.9 Å². The summed E-state index contributed by atoms with van der Waals surface area (Å²) in [7, 11) is 0. The van der Waals surface area contributed by atoms with Crippen molar-refractivity contribution in [1.29, 1.82) is 0 Å². The molecule has 4 nitrogen and oxygen atoms in total. The van der Waals surface area contributed by atoms with Crippen LogP contribution in [-0.4, -0.2) is 15.0 Å². The van der Waals surface area contributed by atoms with Gasteiger partial charge in [0.25, 0.3) is 0 Å². The predicted molar refractivity (Wildman–Crippen MR) is 74.8 cm³/mol. The van der Waals surface area contributed by atoms with E-state index in [9.17, 15) is 0 Å². The highest BCUT2D eigenvalue weighted by molar-refractivity contribution is 7.17. The van der Waals surface area contributed by atoms with Crippen molar-refractivity contribution < 1.29 is 0 Å². The molecule has 0 aliphatic heterocycles. The van der Waals surface area contributed by atoms with Crippen LogP contribution in [0.1, 0.15) is 5.56 Å². The van der Waals surface area contributed by atoms with Gasteiger partial charge in [0.1, 0.15) is 5.82 Å². The summed E-state index contributed by atoms with van der Waals surface area (Å²) in [6, 6.07) is 3.63. The number of hydrogen-bond acceptors (Lipinski definition) is 5. The highest BCUT2D eigenvalue weighted by atomic mass is 35.5. The second-order valence-electron chi connectivity index (χ2n) is 3.91. The molecule has 0 aromatic carbocycles. The average Bonchev–Trinajstić information content (AvgIpc) is 2.71. The summed E-state index contributed by atoms with van der Waals surface area (Å²) >= 11 is 7.58. The van der Waals surface area contributed by atoms with E-state index in [4.69, 9.17) is 17.3 Å². The molecule has 0 saturated carbocycles. The fourth-order valence-corrected chi connectivity index (χ4v) is 2.91. The molecule has 0 aliphatic carbocycles. The molecule has 0 saturated heterocycles. The SMILES string of the molecule is Cc1csc2c(-c3ccc(N)nc3)nc(Cl)nc12. The summed E-state index contributed by atoms with van der Waals surface area (Å²) in [6.45, 7) is 2.01. The Hall–Kier alpha value is -1.72. The van der Waals surface area contributed by atoms with E-state index in [2.05, 4.69) is 15.0 Å². The number of rotatable bonds is 1. The number of anilines is 1. The Balaban J connectivity index is 2.31. The summed E-state index contributed by atoms with van der Waals surface area (Å²) in [6.07, 6.45) is 1.70. The molecule has 90 valence electrons. The third-order valence-corrected chi connectivity index (χ3v) is 3.89. The monoisotopic (exact) mass is 276 g/mol. The van der Waals surface area contributed by atoms with E-state index in [0.717, 1.165) is 27.0 Å². The first-order valence-corrected chi connectivity index (χ1v) is 6.54. The lowest BCUT2D eigenvalue weighted by atomic mass is 10.2. The fourth-order valence-electron chi connectivity index (χ4n) is 1.75. The molecule has 3 heterocycles. The minimum absolute atomic E-state index is 0.246. The molecule has 0 fully saturated rings. The van der Waals surface area contributed by atoms with Gasteiger partial charge in [-0.25, -0.2) is 15.0 Å². The fraction of sp³-hybridized carbons (Fsp3) is 0.0833. The van der Waals surface area contributed by atoms with Gasteiger partial charge < -0.3 is 5.73 Å². The maximum atomic E-state index is 5.97. The minimum atomic E-state index is 0.246. The maximum Gasteiger partial charge on any atom is 0.223 e. The van der Waals surface area contributed by atoms with Crippen LogP contribution < -0.4 is 5.73 Å². The van der Waals surface area contributed by atoms with E-state index < -0.39 is 0 Å². The van der Waals surface area contributed by atoms with Crippen LogP contribution in [-0.2, 0) is 0 Å². The zero-order valence-corrected chi connectivity index (χ0v) is 11.1. The van der Waals surface area contributed by atoms with Crippen molar-refractivity contribution in [3.8, 4) is 11.3 Å². The van der Waals surface area contributed by atoms with E-state index in [1.807, 2.05) is 18.4 Å². The van der Waals surface area contributed by atoms with E-state index in [-0.39, 0.29) is 5.28 Å². The molecule has 18 heavy (non-hydrogen) atoms. The lowest BCUT2D eigenvalue weighted by Crippen LogP contribution is -1.92. The molecule has 0 aliphatic rings. The molecule has 3 aromatic rings. The number of pyridine rings is 1. The second kappa shape index (κ2) is 4.19. The summed E-state index contributed by atoms with van der Waals surface area (Å²) in [5.74, 6) is 0.484. The van der Waals surface area contributed by atoms with Gasteiger partial charge in [-0.3, -0.25) is 0 Å². The molecular formula is C12H9ClN4S. The Kier molecular flexibility index (Phi) is 2.65. The van der Waals surface area contributed by atoms with Crippen LogP contribution in [0.2, 0.25) is 5.28 Å². The third kappa shape index (κ3) is 1.81. The Morgan fingerprint density at radius 3 is 2.83 bits per heavy atom. The quantitative estimate of drug-likeness (QED) is 0.693. The van der Waals surface area contributed by atoms with E-state index in [1.54, 1.807) is 23.6 Å². The Labute approximate surface area is 112 Å². The predicted octanol–water partition coefficient (Wildman–Crippen LogP) is 3.30. The molecular weight excluding hydrogens is 268 g/mol. The van der Waals surface area contributed by atoms with Crippen molar-refractivity contribution in [3.05, 3.63) is 34.6 Å². The van der Waals surface area contributed by atoms with Crippen LogP contribution in [0, 0.1) is 6.92 Å². The summed E-state index contributed by atoms with van der Waals surface area (Å²) in [5.41, 5.74) is 9.27. The Morgan fingerprint density at radius 2 is 2.11 bits per heavy atom. The highest BCUT2D eigenvalue weighted by Crippen LogP contribution is 2.33. The Bertz CT molecular complexity index is 721. The highest BCUT2D eigenvalue weighted by Gasteiger charge is 2.12. The molecule has 0 bridgehead atoms. The van der Waals surface area contributed by atoms with Gasteiger partial charge in [0.15, 0.2) is 0 Å². The molecule has 6 heteroatoms. The van der Waals surface area contributed by atoms with Crippen molar-refractivity contribution in [2.75, 3.05) is 5.73 Å². The molecule has 0 unspecified atom stereocenters. The molecule has 0 spiro atoms. The van der Waals surface area contributed by atoms with Crippen LogP contribution >= 0.6 is 22.9 Å². The van der Waals surface area contributed by atoms with Crippen molar-refractivity contribution in [3.63, 3.8) is 0 Å². The van der Waals surface area contributed by atoms with Gasteiger partial charge in [-0.15, -0.1) is 11.3 Å². The first kappa shape index (κ1) is 11.4. The number of halogens is 1. The minimum Gasteiger partial charge on any atom is -0.384 e. The number of thiophene rings is 1. The normalized spacial score (nSPS) is 11.0. The molecule has 2 N–H and O–H groups in total. The number of aryl methyl sites for hydroxylation is 1. The Morgan fingerprint density at radius 1 is 1.28 bits per heavy atom. The second-order valence-corrected chi connectivity index (χ2v) is 5.13. The maximum absolute atomic E-state index is 5.97. The van der Waals surface area contributed by atoms with Crippen molar-refractivity contribution >= 4 is 39.0 Å². The zero-order chi connectivity index (χ0) is 12.7. The van der Waals surface area contributed by atoms with Crippen LogP contribution in [0.4, 0.5) is 5.82 Å². The lowest BCUT2D eigenvalue weighted by molar-refractivity contribution is 1.22. The molecule has 3 rings (SSSR count). The number of fused-ring (bicyclic) bond motifs is 1. The van der Waals surface area contributed by atoms with E-state index in [0.29, 0.717) is 5.82 Å². The van der Waals surface area contributed by atoms with Gasteiger partial charge in [-0.05, 0) is 41.6 Å². The van der Waals surface area contributed by atoms with Crippen LogP contribution in [0.25, 0.3) is 21.5 Å². The van der Waals surface area contributed by atoms with Crippen LogP contribution in [0.5, 0.6) is 0 Å². The largest absolute Gasteiger partial charge is 0.384 e. The van der Waals surface area contributed by atoms with Gasteiger partial charge in [0, 0.05) is 11.8 Å². The summed E-state index contributed by atoms with van der Waals surface area (Å²) < 4.78 is 1.02. The summed E-state index contributed by atoms with van der Waals surface area (Å²) in [5, 5.41) is 2.29. The molecule has 0 atom stereocenters. The zero-order valence-electron chi connectivity index (χ0n) is 9.51. The van der Waals surface area contributed by atoms with Gasteiger partial charge in [0.2, 0.25) is 5.28 Å². The average molecular weight is 277 g/mol. The van der Waals surface area contributed by atoms with Crippen LogP contribution in [0.3, 0.4) is 0 Å². The number of nitrogens with two attached hydrogens (primary N) is 1. The molecule has 0 amide bonds. The lowest BCUT2D eigenvalue weighted by Gasteiger charge is -2.03. The van der Waals surface area contributed by atoms with Crippen LogP contribution in [0.15, 0.2) is 23.7 Å². The number of aromatic nitrogens is 3. The van der Waals surface area contributed by atoms with Crippen molar-refractivity contribution in [1.82, 2.24) is 15.0 Å². The van der Waals surface area contributed by atoms with Gasteiger partial charge >= 0.3 is 0 Å². The van der Waals surface area contributed by atoms with Crippen molar-refractivity contribution in [2.45, 2.75) is 6.92 Å². The first-order valence-electron chi connectivity index (χ1n) is 5.28.